The molecule has 0 saturated carbocycles. The number of aryl methyl sites for hydroxylation is 1. The molecule has 1 aliphatic rings. The Hall–Kier alpha value is -2.39. The van der Waals surface area contributed by atoms with Gasteiger partial charge in [0.05, 0.1) is 6.04 Å². The van der Waals surface area contributed by atoms with E-state index in [1.165, 1.54) is 6.20 Å². The summed E-state index contributed by atoms with van der Waals surface area (Å²) in [6.45, 7) is 2.08. The molecule has 0 aliphatic carbocycles. The number of halogens is 3. The third-order valence-corrected chi connectivity index (χ3v) is 4.23. The molecule has 2 atom stereocenters. The first-order chi connectivity index (χ1) is 11.3. The van der Waals surface area contributed by atoms with Gasteiger partial charge in [0.2, 0.25) is 5.91 Å². The molecular formula is C14H17F3N6O. The molecule has 10 heteroatoms. The number of carbonyl (C=O) groups is 1. The number of rotatable bonds is 3. The zero-order valence-electron chi connectivity index (χ0n) is 13.2. The van der Waals surface area contributed by atoms with Crippen molar-refractivity contribution in [2.75, 3.05) is 6.54 Å². The molecule has 3 heterocycles. The lowest BCUT2D eigenvalue weighted by Crippen LogP contribution is -2.37. The van der Waals surface area contributed by atoms with Crippen molar-refractivity contribution in [3.63, 3.8) is 0 Å². The molecule has 7 nitrogen and oxygen atoms in total. The van der Waals surface area contributed by atoms with Gasteiger partial charge in [-0.3, -0.25) is 9.48 Å². The monoisotopic (exact) mass is 342 g/mol. The Labute approximate surface area is 136 Å². The lowest BCUT2D eigenvalue weighted by Gasteiger charge is -2.26. The van der Waals surface area contributed by atoms with Crippen LogP contribution in [0.25, 0.3) is 0 Å². The van der Waals surface area contributed by atoms with Gasteiger partial charge >= 0.3 is 6.18 Å². The van der Waals surface area contributed by atoms with Crippen molar-refractivity contribution in [2.45, 2.75) is 38.0 Å². The van der Waals surface area contributed by atoms with Crippen molar-refractivity contribution in [1.29, 1.82) is 0 Å². The Kier molecular flexibility index (Phi) is 4.06. The molecule has 2 unspecified atom stereocenters. The highest BCUT2D eigenvalue weighted by Gasteiger charge is 2.37. The maximum Gasteiger partial charge on any atom is 0.435 e. The van der Waals surface area contributed by atoms with E-state index in [1.54, 1.807) is 29.8 Å². The highest BCUT2D eigenvalue weighted by atomic mass is 19.4. The number of aromatic nitrogens is 5. The number of alkyl halides is 3. The van der Waals surface area contributed by atoms with Gasteiger partial charge in [-0.1, -0.05) is 0 Å². The summed E-state index contributed by atoms with van der Waals surface area (Å²) in [7, 11) is 1.79. The van der Waals surface area contributed by atoms with Gasteiger partial charge in [-0.05, 0) is 25.8 Å². The van der Waals surface area contributed by atoms with Gasteiger partial charge in [-0.15, -0.1) is 10.2 Å². The van der Waals surface area contributed by atoms with E-state index in [1.807, 2.05) is 0 Å². The molecule has 130 valence electrons. The van der Waals surface area contributed by atoms with Crippen LogP contribution in [0, 0.1) is 0 Å². The van der Waals surface area contributed by atoms with Crippen LogP contribution in [0.5, 0.6) is 0 Å². The van der Waals surface area contributed by atoms with Gasteiger partial charge in [-0.2, -0.15) is 18.3 Å². The second-order valence-corrected chi connectivity index (χ2v) is 5.84. The van der Waals surface area contributed by atoms with Crippen LogP contribution in [0.4, 0.5) is 13.2 Å². The Morgan fingerprint density at radius 3 is 2.75 bits per heavy atom. The number of likely N-dealkylation sites (tertiary alicyclic amines) is 1. The van der Waals surface area contributed by atoms with Crippen LogP contribution in [0.2, 0.25) is 0 Å². The molecule has 0 N–H and O–H groups in total. The molecule has 2 aromatic heterocycles. The largest absolute Gasteiger partial charge is 0.435 e. The van der Waals surface area contributed by atoms with Crippen LogP contribution >= 0.6 is 0 Å². The minimum atomic E-state index is -4.52. The Morgan fingerprint density at radius 1 is 1.42 bits per heavy atom. The van der Waals surface area contributed by atoms with Crippen molar-refractivity contribution in [3.05, 3.63) is 30.1 Å². The fourth-order valence-electron chi connectivity index (χ4n) is 2.95. The first kappa shape index (κ1) is 16.5. The van der Waals surface area contributed by atoms with Crippen molar-refractivity contribution in [1.82, 2.24) is 29.4 Å². The van der Waals surface area contributed by atoms with E-state index < -0.39 is 17.9 Å². The first-order valence-electron chi connectivity index (χ1n) is 7.55. The Balaban J connectivity index is 1.80. The number of nitrogens with zero attached hydrogens (tertiary/aromatic N) is 6. The lowest BCUT2D eigenvalue weighted by molar-refractivity contribution is -0.142. The van der Waals surface area contributed by atoms with Crippen LogP contribution in [-0.2, 0) is 18.0 Å². The highest BCUT2D eigenvalue weighted by molar-refractivity contribution is 5.80. The SMILES string of the molecule is CC(C(=O)N1CCCC1c1nncn1C)n1ccc(C(F)(F)F)n1. The summed E-state index contributed by atoms with van der Waals surface area (Å²) in [5, 5.41) is 11.4. The summed E-state index contributed by atoms with van der Waals surface area (Å²) in [5.74, 6) is 0.391. The van der Waals surface area contributed by atoms with Gasteiger partial charge in [-0.25, -0.2) is 0 Å². The maximum atomic E-state index is 12.7. The van der Waals surface area contributed by atoms with E-state index in [0.29, 0.717) is 12.4 Å². The van der Waals surface area contributed by atoms with Crippen molar-refractivity contribution >= 4 is 5.91 Å². The average molecular weight is 342 g/mol. The molecule has 0 spiro atoms. The molecule has 0 aromatic carbocycles. The molecule has 0 bridgehead atoms. The third-order valence-electron chi connectivity index (χ3n) is 4.23. The molecular weight excluding hydrogens is 325 g/mol. The Bertz CT molecular complexity index is 737. The predicted octanol–water partition coefficient (Wildman–Crippen LogP) is 1.96. The average Bonchev–Trinajstić information content (AvgIpc) is 3.24. The van der Waals surface area contributed by atoms with E-state index in [2.05, 4.69) is 15.3 Å². The molecule has 1 aliphatic heterocycles. The lowest BCUT2D eigenvalue weighted by atomic mass is 10.2. The molecule has 1 fully saturated rings. The zero-order valence-corrected chi connectivity index (χ0v) is 13.2. The Morgan fingerprint density at radius 2 is 2.17 bits per heavy atom. The normalized spacial score (nSPS) is 19.7. The molecule has 24 heavy (non-hydrogen) atoms. The van der Waals surface area contributed by atoms with Crippen LogP contribution in [0.3, 0.4) is 0 Å². The number of carbonyl (C=O) groups excluding carboxylic acids is 1. The summed E-state index contributed by atoms with van der Waals surface area (Å²) in [5.41, 5.74) is -1.01. The van der Waals surface area contributed by atoms with Gasteiger partial charge in [0.1, 0.15) is 12.4 Å². The molecule has 1 saturated heterocycles. The number of hydrogen-bond acceptors (Lipinski definition) is 4. The van der Waals surface area contributed by atoms with Crippen molar-refractivity contribution in [2.24, 2.45) is 7.05 Å². The second kappa shape index (κ2) is 5.91. The van der Waals surface area contributed by atoms with Crippen LogP contribution in [0.1, 0.15) is 43.4 Å². The summed E-state index contributed by atoms with van der Waals surface area (Å²) in [6.07, 6.45) is -0.231. The second-order valence-electron chi connectivity index (χ2n) is 5.84. The van der Waals surface area contributed by atoms with Gasteiger partial charge in [0, 0.05) is 19.8 Å². The van der Waals surface area contributed by atoms with E-state index in [4.69, 9.17) is 0 Å². The van der Waals surface area contributed by atoms with Gasteiger partial charge in [0.15, 0.2) is 11.5 Å². The first-order valence-corrected chi connectivity index (χ1v) is 7.55. The minimum absolute atomic E-state index is 0.218. The summed E-state index contributed by atoms with van der Waals surface area (Å²) < 4.78 is 40.8. The third kappa shape index (κ3) is 2.87. The summed E-state index contributed by atoms with van der Waals surface area (Å²) in [4.78, 5) is 14.4. The minimum Gasteiger partial charge on any atom is -0.331 e. The predicted molar refractivity (Wildman–Crippen MR) is 76.6 cm³/mol. The topological polar surface area (TPSA) is 68.8 Å². The number of amides is 1. The number of hydrogen-bond donors (Lipinski definition) is 0. The molecule has 2 aromatic rings. The fourth-order valence-corrected chi connectivity index (χ4v) is 2.95. The standard InChI is InChI=1S/C14H17F3N6O/c1-9(23-7-5-11(20-23)14(15,16)17)13(24)22-6-3-4-10(22)12-19-18-8-21(12)2/h5,7-10H,3-4,6H2,1-2H3. The van der Waals surface area contributed by atoms with Crippen molar-refractivity contribution < 1.29 is 18.0 Å². The van der Waals surface area contributed by atoms with E-state index in [-0.39, 0.29) is 11.9 Å². The quantitative estimate of drug-likeness (QED) is 0.855. The zero-order chi connectivity index (χ0) is 17.5. The van der Waals surface area contributed by atoms with E-state index in [9.17, 15) is 18.0 Å². The molecule has 0 radical (unpaired) electrons. The van der Waals surface area contributed by atoms with E-state index >= 15 is 0 Å². The van der Waals surface area contributed by atoms with Crippen LogP contribution in [0.15, 0.2) is 18.6 Å². The smallest absolute Gasteiger partial charge is 0.331 e. The van der Waals surface area contributed by atoms with Gasteiger partial charge < -0.3 is 9.47 Å². The molecule has 1 amide bonds. The highest BCUT2D eigenvalue weighted by Crippen LogP contribution is 2.33. The summed E-state index contributed by atoms with van der Waals surface area (Å²) in [6, 6.07) is -0.173. The van der Waals surface area contributed by atoms with Gasteiger partial charge in [0.25, 0.3) is 0 Å². The molecule has 3 rings (SSSR count). The van der Waals surface area contributed by atoms with Crippen molar-refractivity contribution in [3.8, 4) is 0 Å². The maximum absolute atomic E-state index is 12.7. The van der Waals surface area contributed by atoms with Crippen LogP contribution in [-0.4, -0.2) is 41.9 Å². The van der Waals surface area contributed by atoms with E-state index in [0.717, 1.165) is 23.6 Å². The van der Waals surface area contributed by atoms with Crippen LogP contribution < -0.4 is 0 Å². The summed E-state index contributed by atoms with van der Waals surface area (Å²) >= 11 is 0. The fraction of sp³-hybridized carbons (Fsp3) is 0.571.